The highest BCUT2D eigenvalue weighted by atomic mass is 35.5. The Balaban J connectivity index is 1.42. The van der Waals surface area contributed by atoms with Crippen LogP contribution in [0.5, 0.6) is 0 Å². The van der Waals surface area contributed by atoms with Crippen molar-refractivity contribution in [2.75, 3.05) is 19.6 Å². The Morgan fingerprint density at radius 1 is 1.06 bits per heavy atom. The maximum atomic E-state index is 13.2. The number of nitrogens with zero attached hydrogens (tertiary/aromatic N) is 1. The fourth-order valence-electron chi connectivity index (χ4n) is 4.34. The average Bonchev–Trinajstić information content (AvgIpc) is 2.96. The van der Waals surface area contributed by atoms with Gasteiger partial charge < -0.3 is 21.3 Å². The van der Waals surface area contributed by atoms with E-state index in [4.69, 9.17) is 28.9 Å². The van der Waals surface area contributed by atoms with Crippen LogP contribution in [0.4, 0.5) is 0 Å². The Labute approximate surface area is 209 Å². The van der Waals surface area contributed by atoms with Crippen molar-refractivity contribution >= 4 is 45.8 Å². The van der Waals surface area contributed by atoms with Crippen molar-refractivity contribution in [2.24, 2.45) is 5.73 Å². The van der Waals surface area contributed by atoms with Gasteiger partial charge in [-0.1, -0.05) is 53.5 Å². The van der Waals surface area contributed by atoms with E-state index in [1.165, 1.54) is 0 Å². The van der Waals surface area contributed by atoms with Crippen molar-refractivity contribution < 1.29 is 9.59 Å². The molecule has 0 spiro atoms. The summed E-state index contributed by atoms with van der Waals surface area (Å²) in [7, 11) is 0. The van der Waals surface area contributed by atoms with E-state index in [2.05, 4.69) is 10.6 Å². The number of nitrogens with one attached hydrogen (secondary N) is 2. The minimum absolute atomic E-state index is 0.00935. The summed E-state index contributed by atoms with van der Waals surface area (Å²) >= 11 is 12.3. The summed E-state index contributed by atoms with van der Waals surface area (Å²) in [6.45, 7) is 1.76. The van der Waals surface area contributed by atoms with Crippen LogP contribution in [-0.4, -0.2) is 48.4 Å². The van der Waals surface area contributed by atoms with Crippen LogP contribution < -0.4 is 16.4 Å². The topological polar surface area (TPSA) is 87.5 Å². The first-order chi connectivity index (χ1) is 16.4. The van der Waals surface area contributed by atoms with Crippen LogP contribution in [0.25, 0.3) is 10.8 Å². The molecule has 8 heteroatoms. The van der Waals surface area contributed by atoms with Crippen LogP contribution in [-0.2, 0) is 11.3 Å². The van der Waals surface area contributed by atoms with E-state index in [-0.39, 0.29) is 17.9 Å². The van der Waals surface area contributed by atoms with Crippen molar-refractivity contribution in [1.82, 2.24) is 15.5 Å². The molecule has 0 aliphatic carbocycles. The van der Waals surface area contributed by atoms with Gasteiger partial charge in [0.2, 0.25) is 5.91 Å². The summed E-state index contributed by atoms with van der Waals surface area (Å²) < 4.78 is 0. The smallest absolute Gasteiger partial charge is 0.251 e. The Kier molecular flexibility index (Phi) is 8.06. The number of carbonyl (C=O) groups excluding carboxylic acids is 2. The first-order valence-electron chi connectivity index (χ1n) is 11.4. The van der Waals surface area contributed by atoms with Crippen molar-refractivity contribution in [3.63, 3.8) is 0 Å². The molecule has 0 radical (unpaired) electrons. The molecule has 6 nitrogen and oxygen atoms in total. The standard InChI is InChI=1S/C26H28Cl2N4O2/c27-21-11-17(12-22(28)14-21)16-32-10-8-23(31-24(7-9-29)26(32)34)15-30-25(33)20-6-5-18-3-1-2-4-19(18)13-20/h1-6,11-14,23-24,31H,7-10,15-16,29H2,(H,30,33)/t23-,24-/m0/s1. The summed E-state index contributed by atoms with van der Waals surface area (Å²) in [4.78, 5) is 27.8. The first-order valence-corrected chi connectivity index (χ1v) is 12.2. The van der Waals surface area contributed by atoms with Crippen LogP contribution >= 0.6 is 23.2 Å². The van der Waals surface area contributed by atoms with Gasteiger partial charge in [0.1, 0.15) is 0 Å². The highest BCUT2D eigenvalue weighted by Crippen LogP contribution is 2.22. The third-order valence-corrected chi connectivity index (χ3v) is 6.50. The molecule has 1 aliphatic rings. The first kappa shape index (κ1) is 24.5. The monoisotopic (exact) mass is 498 g/mol. The molecular weight excluding hydrogens is 471 g/mol. The number of hydrogen-bond donors (Lipinski definition) is 3. The molecular formula is C26H28Cl2N4O2. The second kappa shape index (κ2) is 11.2. The molecule has 4 rings (SSSR count). The lowest BCUT2D eigenvalue weighted by atomic mass is 10.1. The quantitative estimate of drug-likeness (QED) is 0.459. The number of carbonyl (C=O) groups is 2. The number of nitrogens with two attached hydrogens (primary N) is 1. The van der Waals surface area contributed by atoms with Crippen molar-refractivity contribution in [2.45, 2.75) is 31.5 Å². The van der Waals surface area contributed by atoms with E-state index >= 15 is 0 Å². The second-order valence-corrected chi connectivity index (χ2v) is 9.46. The Morgan fingerprint density at radius 3 is 2.53 bits per heavy atom. The second-order valence-electron chi connectivity index (χ2n) is 8.59. The third kappa shape index (κ3) is 6.07. The fourth-order valence-corrected chi connectivity index (χ4v) is 4.92. The van der Waals surface area contributed by atoms with Gasteiger partial charge in [-0.3, -0.25) is 9.59 Å². The molecule has 0 aromatic heterocycles. The van der Waals surface area contributed by atoms with E-state index in [1.807, 2.05) is 54.6 Å². The molecule has 2 amide bonds. The van der Waals surface area contributed by atoms with Crippen LogP contribution in [0.15, 0.2) is 60.7 Å². The fraction of sp³-hybridized carbons (Fsp3) is 0.308. The molecule has 0 unspecified atom stereocenters. The molecule has 34 heavy (non-hydrogen) atoms. The van der Waals surface area contributed by atoms with Crippen molar-refractivity contribution in [3.05, 3.63) is 81.8 Å². The predicted octanol–water partition coefficient (Wildman–Crippen LogP) is 3.98. The molecule has 178 valence electrons. The molecule has 3 aromatic rings. The number of fused-ring (bicyclic) bond motifs is 1. The normalized spacial score (nSPS) is 18.7. The van der Waals surface area contributed by atoms with E-state index in [9.17, 15) is 9.59 Å². The summed E-state index contributed by atoms with van der Waals surface area (Å²) in [5, 5.41) is 9.61. The van der Waals surface area contributed by atoms with Gasteiger partial charge in [0.05, 0.1) is 6.04 Å². The van der Waals surface area contributed by atoms with Gasteiger partial charge in [0, 0.05) is 41.3 Å². The summed E-state index contributed by atoms with van der Waals surface area (Å²) in [6, 6.07) is 18.4. The zero-order valence-electron chi connectivity index (χ0n) is 18.8. The molecule has 1 saturated heterocycles. The van der Waals surface area contributed by atoms with E-state index in [0.29, 0.717) is 54.6 Å². The number of benzene rings is 3. The van der Waals surface area contributed by atoms with Crippen molar-refractivity contribution in [3.8, 4) is 0 Å². The minimum atomic E-state index is -0.412. The number of halogens is 2. The van der Waals surface area contributed by atoms with Crippen LogP contribution in [0.3, 0.4) is 0 Å². The Morgan fingerprint density at radius 2 is 1.79 bits per heavy atom. The van der Waals surface area contributed by atoms with Gasteiger partial charge >= 0.3 is 0 Å². The predicted molar refractivity (Wildman–Crippen MR) is 137 cm³/mol. The minimum Gasteiger partial charge on any atom is -0.350 e. The number of rotatable bonds is 7. The van der Waals surface area contributed by atoms with Gasteiger partial charge in [-0.25, -0.2) is 0 Å². The van der Waals surface area contributed by atoms with Crippen LogP contribution in [0.2, 0.25) is 10.0 Å². The largest absolute Gasteiger partial charge is 0.350 e. The molecule has 1 aliphatic heterocycles. The van der Waals surface area contributed by atoms with Gasteiger partial charge in [-0.2, -0.15) is 0 Å². The summed E-state index contributed by atoms with van der Waals surface area (Å²) in [5.74, 6) is -0.145. The number of amides is 2. The Hall–Kier alpha value is -2.64. The molecule has 4 N–H and O–H groups in total. The zero-order valence-corrected chi connectivity index (χ0v) is 20.3. The van der Waals surface area contributed by atoms with Gasteiger partial charge in [0.15, 0.2) is 0 Å². The maximum Gasteiger partial charge on any atom is 0.251 e. The van der Waals surface area contributed by atoms with E-state index < -0.39 is 6.04 Å². The summed E-state index contributed by atoms with van der Waals surface area (Å²) in [5.41, 5.74) is 7.27. The lowest BCUT2D eigenvalue weighted by Gasteiger charge is -2.24. The molecule has 2 atom stereocenters. The Bertz CT molecular complexity index is 1170. The lowest BCUT2D eigenvalue weighted by molar-refractivity contribution is -0.133. The number of hydrogen-bond acceptors (Lipinski definition) is 4. The third-order valence-electron chi connectivity index (χ3n) is 6.07. The van der Waals surface area contributed by atoms with E-state index in [0.717, 1.165) is 16.3 Å². The molecule has 1 fully saturated rings. The van der Waals surface area contributed by atoms with E-state index in [1.54, 1.807) is 11.0 Å². The van der Waals surface area contributed by atoms with Gasteiger partial charge in [-0.15, -0.1) is 0 Å². The molecule has 0 saturated carbocycles. The average molecular weight is 499 g/mol. The zero-order chi connectivity index (χ0) is 24.1. The van der Waals surface area contributed by atoms with Gasteiger partial charge in [0.25, 0.3) is 5.91 Å². The SMILES string of the molecule is NCC[C@@H]1N[C@H](CNC(=O)c2ccc3ccccc3c2)CCN(Cc2cc(Cl)cc(Cl)c2)C1=O. The molecule has 1 heterocycles. The lowest BCUT2D eigenvalue weighted by Crippen LogP contribution is -2.49. The van der Waals surface area contributed by atoms with Crippen LogP contribution in [0.1, 0.15) is 28.8 Å². The van der Waals surface area contributed by atoms with Crippen LogP contribution in [0, 0.1) is 0 Å². The summed E-state index contributed by atoms with van der Waals surface area (Å²) in [6.07, 6.45) is 1.21. The maximum absolute atomic E-state index is 13.2. The molecule has 3 aromatic carbocycles. The highest BCUT2D eigenvalue weighted by molar-refractivity contribution is 6.34. The van der Waals surface area contributed by atoms with Crippen molar-refractivity contribution in [1.29, 1.82) is 0 Å². The molecule has 0 bridgehead atoms. The highest BCUT2D eigenvalue weighted by Gasteiger charge is 2.30. The van der Waals surface area contributed by atoms with Gasteiger partial charge in [-0.05, 0) is 66.1 Å².